The molecule has 1 rings (SSSR count). The van der Waals surface area contributed by atoms with Crippen molar-refractivity contribution in [1.29, 1.82) is 0 Å². The van der Waals surface area contributed by atoms with Crippen LogP contribution in [0.4, 0.5) is 0 Å². The van der Waals surface area contributed by atoms with E-state index in [2.05, 4.69) is 0 Å². The highest BCUT2D eigenvalue weighted by Crippen LogP contribution is 2.51. The van der Waals surface area contributed by atoms with Crippen LogP contribution >= 0.6 is 0 Å². The van der Waals surface area contributed by atoms with Crippen LogP contribution in [0.2, 0.25) is 0 Å². The lowest BCUT2D eigenvalue weighted by atomic mass is 9.71. The molecule has 0 aromatic heterocycles. The van der Waals surface area contributed by atoms with Crippen LogP contribution in [0.15, 0.2) is 0 Å². The first kappa shape index (κ1) is 13.0. The van der Waals surface area contributed by atoms with Gasteiger partial charge in [0.05, 0.1) is 10.9 Å². The molecule has 0 saturated carbocycles. The summed E-state index contributed by atoms with van der Waals surface area (Å²) in [6.07, 6.45) is 0.854. The molecule has 0 aliphatic carbocycles. The normalized spacial score (nSPS) is 33.9. The number of hydrogen-bond donors (Lipinski definition) is 0. The van der Waals surface area contributed by atoms with Crippen molar-refractivity contribution in [2.24, 2.45) is 11.3 Å². The predicted molar refractivity (Wildman–Crippen MR) is 61.1 cm³/mol. The van der Waals surface area contributed by atoms with Gasteiger partial charge in [0.2, 0.25) is 0 Å². The van der Waals surface area contributed by atoms with Crippen LogP contribution in [0.3, 0.4) is 0 Å². The molecule has 90 valence electrons. The van der Waals surface area contributed by atoms with Gasteiger partial charge in [-0.3, -0.25) is 4.18 Å². The summed E-state index contributed by atoms with van der Waals surface area (Å²) in [5.74, 6) is 0.131. The topological polar surface area (TPSA) is 43.4 Å². The largest absolute Gasteiger partial charge is 0.271 e. The predicted octanol–water partition coefficient (Wildman–Crippen LogP) is 2.57. The molecular weight excluding hydrogens is 212 g/mol. The Bertz CT molecular complexity index is 341. The minimum Gasteiger partial charge on any atom is -0.263 e. The van der Waals surface area contributed by atoms with E-state index in [0.29, 0.717) is 0 Å². The van der Waals surface area contributed by atoms with E-state index in [4.69, 9.17) is 4.18 Å². The highest BCUT2D eigenvalue weighted by Gasteiger charge is 2.60. The van der Waals surface area contributed by atoms with Gasteiger partial charge in [0.15, 0.2) is 0 Å². The molecule has 1 fully saturated rings. The fourth-order valence-corrected chi connectivity index (χ4v) is 5.03. The summed E-state index contributed by atoms with van der Waals surface area (Å²) in [6, 6.07) is 0. The van der Waals surface area contributed by atoms with Crippen LogP contribution in [0.25, 0.3) is 0 Å². The average Bonchev–Trinajstić information content (AvgIpc) is 2.11. The highest BCUT2D eigenvalue weighted by atomic mass is 32.2. The zero-order valence-corrected chi connectivity index (χ0v) is 11.3. The average molecular weight is 234 g/mol. The van der Waals surface area contributed by atoms with Crippen LogP contribution < -0.4 is 0 Å². The quantitative estimate of drug-likeness (QED) is 0.690. The van der Waals surface area contributed by atoms with Gasteiger partial charge in [0.1, 0.15) is 0 Å². The molecule has 1 aliphatic heterocycles. The second-order valence-corrected chi connectivity index (χ2v) is 7.27. The van der Waals surface area contributed by atoms with E-state index in [1.807, 2.05) is 41.5 Å². The van der Waals surface area contributed by atoms with Gasteiger partial charge in [0, 0.05) is 5.41 Å². The molecule has 0 bridgehead atoms. The molecule has 1 aliphatic rings. The third kappa shape index (κ3) is 1.82. The molecular formula is C11H22O3S. The molecule has 3 nitrogen and oxygen atoms in total. The first-order chi connectivity index (χ1) is 6.56. The molecule has 0 spiro atoms. The van der Waals surface area contributed by atoms with Crippen molar-refractivity contribution in [2.45, 2.75) is 58.8 Å². The third-order valence-corrected chi connectivity index (χ3v) is 6.38. The zero-order valence-electron chi connectivity index (χ0n) is 10.5. The fraction of sp³-hybridized carbons (Fsp3) is 1.00. The first-order valence-electron chi connectivity index (χ1n) is 5.50. The minimum absolute atomic E-state index is 0.131. The van der Waals surface area contributed by atoms with Crippen molar-refractivity contribution in [3.05, 3.63) is 0 Å². The van der Waals surface area contributed by atoms with E-state index in [1.54, 1.807) is 0 Å². The number of hydrogen-bond acceptors (Lipinski definition) is 3. The Hall–Kier alpha value is -0.0900. The highest BCUT2D eigenvalue weighted by molar-refractivity contribution is 7.87. The maximum absolute atomic E-state index is 12.0. The van der Waals surface area contributed by atoms with Crippen LogP contribution in [0.1, 0.15) is 48.0 Å². The molecule has 0 N–H and O–H groups in total. The Morgan fingerprint density at radius 3 is 2.00 bits per heavy atom. The maximum atomic E-state index is 12.0. The van der Waals surface area contributed by atoms with Crippen molar-refractivity contribution in [2.75, 3.05) is 0 Å². The Labute approximate surface area is 93.3 Å². The molecule has 15 heavy (non-hydrogen) atoms. The van der Waals surface area contributed by atoms with Crippen LogP contribution in [0.5, 0.6) is 0 Å². The lowest BCUT2D eigenvalue weighted by molar-refractivity contribution is 0.0259. The van der Waals surface area contributed by atoms with Crippen LogP contribution in [0, 0.1) is 11.3 Å². The van der Waals surface area contributed by atoms with Gasteiger partial charge in [0.25, 0.3) is 10.1 Å². The summed E-state index contributed by atoms with van der Waals surface area (Å²) in [4.78, 5) is 0. The van der Waals surface area contributed by atoms with Crippen molar-refractivity contribution in [1.82, 2.24) is 0 Å². The van der Waals surface area contributed by atoms with Crippen LogP contribution in [-0.4, -0.2) is 19.3 Å². The third-order valence-electron chi connectivity index (χ3n) is 4.06. The SMILES string of the molecule is CCC(C)C1C(C)(C)C(C)(C)OS1(=O)=O. The smallest absolute Gasteiger partial charge is 0.263 e. The van der Waals surface area contributed by atoms with Gasteiger partial charge in [-0.2, -0.15) is 8.42 Å². The maximum Gasteiger partial charge on any atom is 0.271 e. The molecule has 0 aromatic rings. The zero-order chi connectivity index (χ0) is 12.1. The summed E-state index contributed by atoms with van der Waals surface area (Å²) in [5.41, 5.74) is -0.957. The molecule has 2 unspecified atom stereocenters. The van der Waals surface area contributed by atoms with Gasteiger partial charge < -0.3 is 0 Å². The summed E-state index contributed by atoms with van der Waals surface area (Å²) in [6.45, 7) is 11.7. The Morgan fingerprint density at radius 2 is 1.73 bits per heavy atom. The van der Waals surface area contributed by atoms with Gasteiger partial charge in [-0.25, -0.2) is 0 Å². The van der Waals surface area contributed by atoms with E-state index in [0.717, 1.165) is 6.42 Å². The second-order valence-electron chi connectivity index (χ2n) is 5.61. The van der Waals surface area contributed by atoms with Gasteiger partial charge in [-0.15, -0.1) is 0 Å². The van der Waals surface area contributed by atoms with Gasteiger partial charge >= 0.3 is 0 Å². The van der Waals surface area contributed by atoms with Crippen molar-refractivity contribution < 1.29 is 12.6 Å². The lowest BCUT2D eigenvalue weighted by Crippen LogP contribution is -2.43. The van der Waals surface area contributed by atoms with E-state index < -0.39 is 21.0 Å². The Kier molecular flexibility index (Phi) is 2.99. The monoisotopic (exact) mass is 234 g/mol. The minimum atomic E-state index is -3.41. The lowest BCUT2D eigenvalue weighted by Gasteiger charge is -2.36. The summed E-state index contributed by atoms with van der Waals surface area (Å²) >= 11 is 0. The van der Waals surface area contributed by atoms with Crippen molar-refractivity contribution in [3.8, 4) is 0 Å². The second kappa shape index (κ2) is 3.45. The number of rotatable bonds is 2. The van der Waals surface area contributed by atoms with E-state index in [9.17, 15) is 8.42 Å². The van der Waals surface area contributed by atoms with E-state index >= 15 is 0 Å². The molecule has 2 atom stereocenters. The van der Waals surface area contributed by atoms with Crippen LogP contribution in [-0.2, 0) is 14.3 Å². The molecule has 1 heterocycles. The first-order valence-corrected chi connectivity index (χ1v) is 6.98. The molecule has 0 radical (unpaired) electrons. The Balaban J connectivity index is 3.25. The molecule has 4 heteroatoms. The van der Waals surface area contributed by atoms with Gasteiger partial charge in [-0.1, -0.05) is 34.1 Å². The summed E-state index contributed by atoms with van der Waals surface area (Å²) < 4.78 is 29.2. The van der Waals surface area contributed by atoms with Gasteiger partial charge in [-0.05, 0) is 19.8 Å². The molecule has 0 aromatic carbocycles. The van der Waals surface area contributed by atoms with E-state index in [1.165, 1.54) is 0 Å². The summed E-state index contributed by atoms with van der Waals surface area (Å²) in [5, 5.41) is -0.398. The van der Waals surface area contributed by atoms with Crippen molar-refractivity contribution >= 4 is 10.1 Å². The molecule has 0 amide bonds. The standard InChI is InChI=1S/C11H22O3S/c1-7-8(2)9-10(3,4)11(5,6)14-15(9,12)13/h8-9H,7H2,1-6H3. The summed E-state index contributed by atoms with van der Waals surface area (Å²) in [7, 11) is -3.41. The van der Waals surface area contributed by atoms with Crippen molar-refractivity contribution in [3.63, 3.8) is 0 Å². The van der Waals surface area contributed by atoms with E-state index in [-0.39, 0.29) is 11.3 Å². The fourth-order valence-electron chi connectivity index (χ4n) is 2.36. The molecule has 1 saturated heterocycles. The Morgan fingerprint density at radius 1 is 1.27 bits per heavy atom.